The summed E-state index contributed by atoms with van der Waals surface area (Å²) in [6.45, 7) is 4.02. The van der Waals surface area contributed by atoms with Gasteiger partial charge in [0.1, 0.15) is 12.7 Å². The second-order valence-corrected chi connectivity index (χ2v) is 5.95. The smallest absolute Gasteiger partial charge is 0.174 e. The molecule has 1 heterocycles. The van der Waals surface area contributed by atoms with Crippen LogP contribution in [0.1, 0.15) is 11.4 Å². The lowest BCUT2D eigenvalue weighted by atomic mass is 10.1. The van der Waals surface area contributed by atoms with Crippen molar-refractivity contribution < 1.29 is 9.47 Å². The Morgan fingerprint density at radius 3 is 2.64 bits per heavy atom. The molecule has 6 nitrogen and oxygen atoms in total. The second-order valence-electron chi connectivity index (χ2n) is 5.95. The van der Waals surface area contributed by atoms with Gasteiger partial charge in [-0.1, -0.05) is 49.1 Å². The predicted molar refractivity (Wildman–Crippen MR) is 109 cm³/mol. The van der Waals surface area contributed by atoms with Crippen LogP contribution in [-0.2, 0) is 7.05 Å². The van der Waals surface area contributed by atoms with Gasteiger partial charge in [0.05, 0.1) is 12.7 Å². The summed E-state index contributed by atoms with van der Waals surface area (Å²) in [5.41, 5.74) is 2.13. The van der Waals surface area contributed by atoms with Gasteiger partial charge < -0.3 is 14.0 Å². The normalized spacial score (nSPS) is 11.0. The molecule has 0 N–H and O–H groups in total. The highest BCUT2D eigenvalue weighted by Gasteiger charge is 2.15. The van der Waals surface area contributed by atoms with Crippen LogP contribution in [0, 0.1) is 11.3 Å². The Balaban J connectivity index is 1.96. The molecule has 0 amide bonds. The lowest BCUT2D eigenvalue weighted by Gasteiger charge is -2.10. The van der Waals surface area contributed by atoms with Crippen molar-refractivity contribution in [2.75, 3.05) is 13.7 Å². The predicted octanol–water partition coefficient (Wildman–Crippen LogP) is 4.12. The highest BCUT2D eigenvalue weighted by molar-refractivity contribution is 5.88. The number of aromatic nitrogens is 3. The van der Waals surface area contributed by atoms with Gasteiger partial charge in [-0.05, 0) is 23.8 Å². The summed E-state index contributed by atoms with van der Waals surface area (Å²) in [4.78, 5) is 0. The molecular formula is C22H20N4O2. The average Bonchev–Trinajstić information content (AvgIpc) is 3.12. The number of hydrogen-bond acceptors (Lipinski definition) is 5. The van der Waals surface area contributed by atoms with E-state index in [4.69, 9.17) is 9.47 Å². The third kappa shape index (κ3) is 3.94. The van der Waals surface area contributed by atoms with Gasteiger partial charge in [0, 0.05) is 12.6 Å². The highest BCUT2D eigenvalue weighted by atomic mass is 16.5. The van der Waals surface area contributed by atoms with Crippen molar-refractivity contribution >= 4 is 11.6 Å². The number of rotatable bonds is 7. The number of methoxy groups -OCH3 is 1. The van der Waals surface area contributed by atoms with Crippen molar-refractivity contribution in [1.82, 2.24) is 14.8 Å². The van der Waals surface area contributed by atoms with E-state index in [-0.39, 0.29) is 0 Å². The van der Waals surface area contributed by atoms with E-state index in [9.17, 15) is 5.26 Å². The molecule has 1 aromatic heterocycles. The molecule has 28 heavy (non-hydrogen) atoms. The van der Waals surface area contributed by atoms with Gasteiger partial charge in [0.2, 0.25) is 0 Å². The van der Waals surface area contributed by atoms with Crippen molar-refractivity contribution in [3.8, 4) is 29.0 Å². The summed E-state index contributed by atoms with van der Waals surface area (Å²) in [5, 5.41) is 18.1. The minimum absolute atomic E-state index is 0.385. The Morgan fingerprint density at radius 1 is 1.18 bits per heavy atom. The van der Waals surface area contributed by atoms with Gasteiger partial charge in [-0.3, -0.25) is 0 Å². The first-order valence-electron chi connectivity index (χ1n) is 8.66. The third-order valence-electron chi connectivity index (χ3n) is 4.12. The Labute approximate surface area is 164 Å². The molecule has 0 saturated heterocycles. The fourth-order valence-corrected chi connectivity index (χ4v) is 2.76. The summed E-state index contributed by atoms with van der Waals surface area (Å²) in [6, 6.07) is 17.4. The molecule has 0 aliphatic heterocycles. The Morgan fingerprint density at radius 2 is 1.96 bits per heavy atom. The zero-order valence-electron chi connectivity index (χ0n) is 15.8. The SMILES string of the molecule is C=CCOc1ccc(/C=C(/C#N)c2nnc(-c3ccccc3)n2C)cc1OC. The van der Waals surface area contributed by atoms with Gasteiger partial charge in [0.15, 0.2) is 23.1 Å². The van der Waals surface area contributed by atoms with E-state index in [1.807, 2.05) is 54.1 Å². The van der Waals surface area contributed by atoms with Crippen LogP contribution in [0.25, 0.3) is 23.0 Å². The largest absolute Gasteiger partial charge is 0.493 e. The first-order valence-corrected chi connectivity index (χ1v) is 8.66. The van der Waals surface area contributed by atoms with Crippen LogP contribution in [0.2, 0.25) is 0 Å². The standard InChI is InChI=1S/C22H20N4O2/c1-4-12-28-19-11-10-16(14-20(19)27-3)13-18(15-23)22-25-24-21(26(22)2)17-8-6-5-7-9-17/h4-11,13-14H,1,12H2,2-3H3/b18-13-. The van der Waals surface area contributed by atoms with Gasteiger partial charge in [0.25, 0.3) is 0 Å². The maximum absolute atomic E-state index is 9.68. The van der Waals surface area contributed by atoms with Crippen LogP contribution in [0.3, 0.4) is 0 Å². The molecule has 3 rings (SSSR count). The van der Waals surface area contributed by atoms with E-state index >= 15 is 0 Å². The molecule has 140 valence electrons. The number of benzene rings is 2. The molecule has 0 radical (unpaired) electrons. The molecule has 2 aromatic carbocycles. The van der Waals surface area contributed by atoms with Crippen molar-refractivity contribution in [1.29, 1.82) is 5.26 Å². The number of nitrogens with zero attached hydrogens (tertiary/aromatic N) is 4. The first-order chi connectivity index (χ1) is 13.7. The topological polar surface area (TPSA) is 73.0 Å². The van der Waals surface area contributed by atoms with Crippen LogP contribution in [0.15, 0.2) is 61.2 Å². The van der Waals surface area contributed by atoms with Gasteiger partial charge in [-0.25, -0.2) is 0 Å². The molecule has 0 aliphatic carbocycles. The maximum atomic E-state index is 9.68. The molecule has 6 heteroatoms. The van der Waals surface area contributed by atoms with Crippen molar-refractivity contribution in [2.45, 2.75) is 0 Å². The average molecular weight is 372 g/mol. The Kier molecular flexibility index (Phi) is 5.87. The van der Waals surface area contributed by atoms with Gasteiger partial charge in [-0.2, -0.15) is 5.26 Å². The monoisotopic (exact) mass is 372 g/mol. The molecule has 0 bridgehead atoms. The Hall–Kier alpha value is -3.85. The minimum atomic E-state index is 0.385. The summed E-state index contributed by atoms with van der Waals surface area (Å²) < 4.78 is 12.8. The first kappa shape index (κ1) is 18.9. The number of allylic oxidation sites excluding steroid dienone is 1. The molecular weight excluding hydrogens is 352 g/mol. The summed E-state index contributed by atoms with van der Waals surface area (Å²) in [7, 11) is 3.42. The molecule has 0 atom stereocenters. The summed E-state index contributed by atoms with van der Waals surface area (Å²) >= 11 is 0. The quantitative estimate of drug-likeness (QED) is 0.461. The van der Waals surface area contributed by atoms with Crippen LogP contribution >= 0.6 is 0 Å². The van der Waals surface area contributed by atoms with Gasteiger partial charge in [-0.15, -0.1) is 10.2 Å². The van der Waals surface area contributed by atoms with E-state index < -0.39 is 0 Å². The van der Waals surface area contributed by atoms with E-state index in [1.165, 1.54) is 0 Å². The Bertz CT molecular complexity index is 1050. The molecule has 0 unspecified atom stereocenters. The van der Waals surface area contributed by atoms with E-state index in [0.717, 1.165) is 11.1 Å². The van der Waals surface area contributed by atoms with E-state index in [2.05, 4.69) is 22.8 Å². The van der Waals surface area contributed by atoms with Crippen molar-refractivity contribution in [3.05, 3.63) is 72.6 Å². The van der Waals surface area contributed by atoms with Crippen molar-refractivity contribution in [3.63, 3.8) is 0 Å². The number of nitriles is 1. The van der Waals surface area contributed by atoms with Crippen LogP contribution in [0.4, 0.5) is 0 Å². The van der Waals surface area contributed by atoms with Crippen LogP contribution < -0.4 is 9.47 Å². The number of hydrogen-bond donors (Lipinski definition) is 0. The highest BCUT2D eigenvalue weighted by Crippen LogP contribution is 2.30. The maximum Gasteiger partial charge on any atom is 0.174 e. The fraction of sp³-hybridized carbons (Fsp3) is 0.136. The van der Waals surface area contributed by atoms with Gasteiger partial charge >= 0.3 is 0 Å². The zero-order valence-corrected chi connectivity index (χ0v) is 15.8. The molecule has 0 aliphatic rings. The molecule has 0 fully saturated rings. The fourth-order valence-electron chi connectivity index (χ4n) is 2.76. The zero-order chi connectivity index (χ0) is 19.9. The van der Waals surface area contributed by atoms with Crippen molar-refractivity contribution in [2.24, 2.45) is 7.05 Å². The summed E-state index contributed by atoms with van der Waals surface area (Å²) in [5.74, 6) is 2.38. The molecule has 0 spiro atoms. The van der Waals surface area contributed by atoms with Crippen LogP contribution in [0.5, 0.6) is 11.5 Å². The number of ether oxygens (including phenoxy) is 2. The molecule has 0 saturated carbocycles. The second kappa shape index (κ2) is 8.69. The minimum Gasteiger partial charge on any atom is -0.493 e. The van der Waals surface area contributed by atoms with E-state index in [1.54, 1.807) is 25.3 Å². The van der Waals surface area contributed by atoms with E-state index in [0.29, 0.717) is 35.3 Å². The molecule has 3 aromatic rings. The van der Waals surface area contributed by atoms with Crippen LogP contribution in [-0.4, -0.2) is 28.5 Å². The summed E-state index contributed by atoms with van der Waals surface area (Å²) in [6.07, 6.45) is 3.41. The third-order valence-corrected chi connectivity index (χ3v) is 4.12. The lowest BCUT2D eigenvalue weighted by molar-refractivity contribution is 0.326. The lowest BCUT2D eigenvalue weighted by Crippen LogP contribution is -1.99.